The van der Waals surface area contributed by atoms with E-state index >= 15 is 0 Å². The van der Waals surface area contributed by atoms with Crippen molar-refractivity contribution in [1.29, 1.82) is 0 Å². The van der Waals surface area contributed by atoms with Gasteiger partial charge in [0, 0.05) is 12.1 Å². The maximum absolute atomic E-state index is 13.0. The summed E-state index contributed by atoms with van der Waals surface area (Å²) in [4.78, 5) is 32.4. The van der Waals surface area contributed by atoms with Gasteiger partial charge in [-0.05, 0) is 13.0 Å². The van der Waals surface area contributed by atoms with Crippen LogP contribution in [-0.4, -0.2) is 23.4 Å². The van der Waals surface area contributed by atoms with E-state index in [1.54, 1.807) is 6.92 Å². The van der Waals surface area contributed by atoms with Crippen molar-refractivity contribution in [1.82, 2.24) is 0 Å². The molecule has 0 aliphatic carbocycles. The van der Waals surface area contributed by atoms with Crippen LogP contribution < -0.4 is 5.32 Å². The van der Waals surface area contributed by atoms with E-state index < -0.39 is 34.7 Å². The minimum atomic E-state index is -0.813. The molecule has 0 aromatic heterocycles. The molecule has 8 heteroatoms. The molecule has 0 unspecified atom stereocenters. The van der Waals surface area contributed by atoms with Crippen LogP contribution in [0.25, 0.3) is 0 Å². The van der Waals surface area contributed by atoms with Crippen LogP contribution in [0.2, 0.25) is 0 Å². The molecule has 1 N–H and O–H groups in total. The second-order valence-corrected chi connectivity index (χ2v) is 3.45. The van der Waals surface area contributed by atoms with E-state index in [2.05, 4.69) is 10.1 Å². The van der Waals surface area contributed by atoms with E-state index in [1.165, 1.54) is 0 Å². The van der Waals surface area contributed by atoms with Crippen LogP contribution in [0.1, 0.15) is 13.3 Å². The maximum Gasteiger partial charge on any atom is 0.315 e. The summed E-state index contributed by atoms with van der Waals surface area (Å²) >= 11 is 0. The molecular formula is C11H11FN2O5. The Kier molecular flexibility index (Phi) is 4.92. The molecule has 0 heterocycles. The van der Waals surface area contributed by atoms with Gasteiger partial charge in [-0.25, -0.2) is 4.39 Å². The molecule has 1 rings (SSSR count). The number of carbonyl (C=O) groups is 2. The molecule has 102 valence electrons. The SMILES string of the molecule is CCOC(=O)CC(=O)Nc1cc(F)ccc1[N+](=O)[O-]. The first-order valence-corrected chi connectivity index (χ1v) is 5.33. The van der Waals surface area contributed by atoms with Gasteiger partial charge in [-0.15, -0.1) is 0 Å². The highest BCUT2D eigenvalue weighted by Gasteiger charge is 2.18. The number of ether oxygens (including phenoxy) is 1. The number of amides is 1. The predicted octanol–water partition coefficient (Wildman–Crippen LogP) is 1.63. The zero-order valence-electron chi connectivity index (χ0n) is 10.0. The number of benzene rings is 1. The third kappa shape index (κ3) is 4.34. The molecule has 0 radical (unpaired) electrons. The summed E-state index contributed by atoms with van der Waals surface area (Å²) in [7, 11) is 0. The van der Waals surface area contributed by atoms with Crippen molar-refractivity contribution in [2.24, 2.45) is 0 Å². The van der Waals surface area contributed by atoms with Crippen LogP contribution in [-0.2, 0) is 14.3 Å². The number of carbonyl (C=O) groups excluding carboxylic acids is 2. The van der Waals surface area contributed by atoms with Gasteiger partial charge in [0.15, 0.2) is 0 Å². The minimum Gasteiger partial charge on any atom is -0.466 e. The molecule has 0 atom stereocenters. The van der Waals surface area contributed by atoms with Crippen LogP contribution in [0.15, 0.2) is 18.2 Å². The highest BCUT2D eigenvalue weighted by molar-refractivity contribution is 6.02. The van der Waals surface area contributed by atoms with Gasteiger partial charge in [0.2, 0.25) is 5.91 Å². The minimum absolute atomic E-state index is 0.117. The van der Waals surface area contributed by atoms with Gasteiger partial charge in [0.1, 0.15) is 17.9 Å². The molecule has 0 saturated carbocycles. The zero-order valence-corrected chi connectivity index (χ0v) is 10.0. The van der Waals surface area contributed by atoms with Crippen LogP contribution in [0.3, 0.4) is 0 Å². The molecule has 1 amide bonds. The van der Waals surface area contributed by atoms with Gasteiger partial charge in [-0.3, -0.25) is 19.7 Å². The van der Waals surface area contributed by atoms with Crippen LogP contribution in [0.5, 0.6) is 0 Å². The summed E-state index contributed by atoms with van der Waals surface area (Å²) in [6.45, 7) is 1.69. The van der Waals surface area contributed by atoms with Gasteiger partial charge >= 0.3 is 5.97 Å². The number of nitrogens with zero attached hydrogens (tertiary/aromatic N) is 1. The predicted molar refractivity (Wildman–Crippen MR) is 62.9 cm³/mol. The van der Waals surface area contributed by atoms with Crippen LogP contribution in [0.4, 0.5) is 15.8 Å². The average molecular weight is 270 g/mol. The van der Waals surface area contributed by atoms with Crippen molar-refractivity contribution < 1.29 is 23.6 Å². The first-order chi connectivity index (χ1) is 8.93. The summed E-state index contributed by atoms with van der Waals surface area (Å²) in [5.74, 6) is -2.32. The third-order valence-corrected chi connectivity index (χ3v) is 2.04. The number of halogens is 1. The molecule has 0 bridgehead atoms. The normalized spacial score (nSPS) is 9.79. The maximum atomic E-state index is 13.0. The van der Waals surface area contributed by atoms with Crippen molar-refractivity contribution in [2.75, 3.05) is 11.9 Å². The van der Waals surface area contributed by atoms with Crippen molar-refractivity contribution in [2.45, 2.75) is 13.3 Å². The Balaban J connectivity index is 2.81. The Labute approximate surface area is 107 Å². The zero-order chi connectivity index (χ0) is 14.4. The third-order valence-electron chi connectivity index (χ3n) is 2.04. The fourth-order valence-electron chi connectivity index (χ4n) is 1.31. The summed E-state index contributed by atoms with van der Waals surface area (Å²) in [6.07, 6.45) is -0.596. The van der Waals surface area contributed by atoms with E-state index in [-0.39, 0.29) is 12.3 Å². The first kappa shape index (κ1) is 14.6. The largest absolute Gasteiger partial charge is 0.466 e. The first-order valence-electron chi connectivity index (χ1n) is 5.33. The van der Waals surface area contributed by atoms with Crippen molar-refractivity contribution in [3.05, 3.63) is 34.1 Å². The van der Waals surface area contributed by atoms with Gasteiger partial charge < -0.3 is 10.1 Å². The Hall–Kier alpha value is -2.51. The number of rotatable bonds is 5. The van der Waals surface area contributed by atoms with Crippen LogP contribution in [0, 0.1) is 15.9 Å². The summed E-state index contributed by atoms with van der Waals surface area (Å²) in [6, 6.07) is 2.63. The Morgan fingerprint density at radius 2 is 2.16 bits per heavy atom. The summed E-state index contributed by atoms with van der Waals surface area (Å²) in [5.41, 5.74) is -0.766. The monoisotopic (exact) mass is 270 g/mol. The number of nitro benzene ring substituents is 1. The van der Waals surface area contributed by atoms with Gasteiger partial charge in [-0.1, -0.05) is 0 Å². The molecule has 19 heavy (non-hydrogen) atoms. The van der Waals surface area contributed by atoms with Crippen molar-refractivity contribution in [3.63, 3.8) is 0 Å². The number of hydrogen-bond acceptors (Lipinski definition) is 5. The molecule has 7 nitrogen and oxygen atoms in total. The second kappa shape index (κ2) is 6.43. The number of hydrogen-bond donors (Lipinski definition) is 1. The van der Waals surface area contributed by atoms with Gasteiger partial charge in [0.25, 0.3) is 5.69 Å². The Morgan fingerprint density at radius 3 is 2.74 bits per heavy atom. The summed E-state index contributed by atoms with van der Waals surface area (Å²) in [5, 5.41) is 12.8. The Morgan fingerprint density at radius 1 is 1.47 bits per heavy atom. The second-order valence-electron chi connectivity index (χ2n) is 3.45. The molecule has 0 fully saturated rings. The number of esters is 1. The van der Waals surface area contributed by atoms with Gasteiger partial charge in [0.05, 0.1) is 11.5 Å². The number of nitro groups is 1. The quantitative estimate of drug-likeness (QED) is 0.379. The lowest BCUT2D eigenvalue weighted by atomic mass is 10.2. The molecule has 0 aliphatic rings. The molecule has 0 aliphatic heterocycles. The Bertz CT molecular complexity index is 518. The number of nitrogens with one attached hydrogen (secondary N) is 1. The average Bonchev–Trinajstić information content (AvgIpc) is 2.28. The van der Waals surface area contributed by atoms with Gasteiger partial charge in [-0.2, -0.15) is 0 Å². The molecule has 1 aromatic carbocycles. The number of anilines is 1. The lowest BCUT2D eigenvalue weighted by molar-refractivity contribution is -0.384. The molecule has 0 spiro atoms. The van der Waals surface area contributed by atoms with E-state index in [0.717, 1.165) is 18.2 Å². The van der Waals surface area contributed by atoms with E-state index in [4.69, 9.17) is 0 Å². The van der Waals surface area contributed by atoms with E-state index in [9.17, 15) is 24.1 Å². The smallest absolute Gasteiger partial charge is 0.315 e. The highest BCUT2D eigenvalue weighted by Crippen LogP contribution is 2.24. The van der Waals surface area contributed by atoms with E-state index in [0.29, 0.717) is 0 Å². The lowest BCUT2D eigenvalue weighted by Crippen LogP contribution is -2.18. The molecular weight excluding hydrogens is 259 g/mol. The standard InChI is InChI=1S/C11H11FN2O5/c1-2-19-11(16)6-10(15)13-8-5-7(12)3-4-9(8)14(17)18/h3-5H,2,6H2,1H3,(H,13,15). The summed E-state index contributed by atoms with van der Waals surface area (Å²) < 4.78 is 17.5. The van der Waals surface area contributed by atoms with Crippen LogP contribution >= 0.6 is 0 Å². The topological polar surface area (TPSA) is 98.5 Å². The molecule has 0 saturated heterocycles. The van der Waals surface area contributed by atoms with Crippen molar-refractivity contribution >= 4 is 23.3 Å². The molecule has 1 aromatic rings. The lowest BCUT2D eigenvalue weighted by Gasteiger charge is -2.06. The fraction of sp³-hybridized carbons (Fsp3) is 0.273. The van der Waals surface area contributed by atoms with E-state index in [1.807, 2.05) is 0 Å². The fourth-order valence-corrected chi connectivity index (χ4v) is 1.31. The highest BCUT2D eigenvalue weighted by atomic mass is 19.1. The van der Waals surface area contributed by atoms with Crippen molar-refractivity contribution in [3.8, 4) is 0 Å².